The zero-order valence-corrected chi connectivity index (χ0v) is 8.08. The number of nitriles is 1. The lowest BCUT2D eigenvalue weighted by Crippen LogP contribution is -2.35. The van der Waals surface area contributed by atoms with Gasteiger partial charge >= 0.3 is 0 Å². The minimum absolute atomic E-state index is 0.396. The van der Waals surface area contributed by atoms with Gasteiger partial charge in [0.05, 0.1) is 12.1 Å². The van der Waals surface area contributed by atoms with Gasteiger partial charge in [-0.2, -0.15) is 5.26 Å². The van der Waals surface area contributed by atoms with Crippen LogP contribution in [-0.2, 0) is 0 Å². The number of aliphatic imine (C=N–C) groups is 1. The number of rotatable bonds is 1. The van der Waals surface area contributed by atoms with Crippen molar-refractivity contribution in [3.63, 3.8) is 0 Å². The normalized spacial score (nSPS) is 22.9. The van der Waals surface area contributed by atoms with E-state index in [2.05, 4.69) is 10.3 Å². The summed E-state index contributed by atoms with van der Waals surface area (Å²) in [5.41, 5.74) is 6.23. The van der Waals surface area contributed by atoms with Gasteiger partial charge in [0.15, 0.2) is 0 Å². The quantitative estimate of drug-likeness (QED) is 0.644. The maximum atomic E-state index is 8.72. The van der Waals surface area contributed by atoms with Crippen LogP contribution in [0.25, 0.3) is 0 Å². The van der Waals surface area contributed by atoms with Crippen molar-refractivity contribution in [1.82, 2.24) is 5.32 Å². The standard InChI is InChI=1S/C10H14N4/c11-5-8-6-13-10(14-9(8)12)7-3-1-2-4-7/h7H,1-4,6,12H2,(H,13,14). The summed E-state index contributed by atoms with van der Waals surface area (Å²) in [6.07, 6.45) is 4.95. The van der Waals surface area contributed by atoms with Gasteiger partial charge < -0.3 is 11.1 Å². The second kappa shape index (κ2) is 3.70. The van der Waals surface area contributed by atoms with Crippen LogP contribution in [0.15, 0.2) is 16.4 Å². The first-order valence-electron chi connectivity index (χ1n) is 5.02. The lowest BCUT2D eigenvalue weighted by Gasteiger charge is -2.19. The van der Waals surface area contributed by atoms with Gasteiger partial charge in [0.1, 0.15) is 17.7 Å². The van der Waals surface area contributed by atoms with E-state index in [9.17, 15) is 0 Å². The highest BCUT2D eigenvalue weighted by molar-refractivity contribution is 5.87. The summed E-state index contributed by atoms with van der Waals surface area (Å²) in [5.74, 6) is 1.92. The highest BCUT2D eigenvalue weighted by Crippen LogP contribution is 2.26. The fourth-order valence-corrected chi connectivity index (χ4v) is 2.04. The van der Waals surface area contributed by atoms with Gasteiger partial charge in [-0.1, -0.05) is 12.8 Å². The molecule has 14 heavy (non-hydrogen) atoms. The van der Waals surface area contributed by atoms with Crippen molar-refractivity contribution in [2.75, 3.05) is 6.54 Å². The van der Waals surface area contributed by atoms with Crippen LogP contribution < -0.4 is 11.1 Å². The van der Waals surface area contributed by atoms with Crippen molar-refractivity contribution in [3.05, 3.63) is 11.4 Å². The molecular weight excluding hydrogens is 176 g/mol. The molecule has 1 heterocycles. The molecule has 74 valence electrons. The number of nitrogens with one attached hydrogen (secondary N) is 1. The van der Waals surface area contributed by atoms with E-state index in [0.717, 1.165) is 5.84 Å². The van der Waals surface area contributed by atoms with E-state index in [1.807, 2.05) is 6.07 Å². The highest BCUT2D eigenvalue weighted by Gasteiger charge is 2.23. The largest absolute Gasteiger partial charge is 0.383 e. The van der Waals surface area contributed by atoms with Crippen LogP contribution in [0.2, 0.25) is 0 Å². The third kappa shape index (κ3) is 1.58. The van der Waals surface area contributed by atoms with E-state index in [-0.39, 0.29) is 0 Å². The van der Waals surface area contributed by atoms with Gasteiger partial charge in [0.2, 0.25) is 0 Å². The zero-order chi connectivity index (χ0) is 9.97. The lowest BCUT2D eigenvalue weighted by atomic mass is 10.1. The van der Waals surface area contributed by atoms with Crippen molar-refractivity contribution in [2.45, 2.75) is 25.7 Å². The Morgan fingerprint density at radius 1 is 1.43 bits per heavy atom. The van der Waals surface area contributed by atoms with E-state index in [4.69, 9.17) is 11.0 Å². The van der Waals surface area contributed by atoms with Gasteiger partial charge in [0.25, 0.3) is 0 Å². The molecule has 1 saturated carbocycles. The summed E-state index contributed by atoms with van der Waals surface area (Å²) in [6, 6.07) is 2.05. The summed E-state index contributed by atoms with van der Waals surface area (Å²) in [6.45, 7) is 0.539. The Kier molecular flexibility index (Phi) is 2.40. The SMILES string of the molecule is N#CC1=C(N)N=C(C2CCCC2)NC1. The van der Waals surface area contributed by atoms with Crippen molar-refractivity contribution in [2.24, 2.45) is 16.6 Å². The van der Waals surface area contributed by atoms with E-state index in [1.165, 1.54) is 25.7 Å². The summed E-state index contributed by atoms with van der Waals surface area (Å²) >= 11 is 0. The van der Waals surface area contributed by atoms with Crippen LogP contribution in [0.3, 0.4) is 0 Å². The monoisotopic (exact) mass is 190 g/mol. The molecule has 2 aliphatic rings. The molecule has 0 aromatic heterocycles. The van der Waals surface area contributed by atoms with Crippen LogP contribution in [-0.4, -0.2) is 12.4 Å². The van der Waals surface area contributed by atoms with Crippen molar-refractivity contribution in [1.29, 1.82) is 5.26 Å². The summed E-state index contributed by atoms with van der Waals surface area (Å²) in [4.78, 5) is 4.26. The fraction of sp³-hybridized carbons (Fsp3) is 0.600. The van der Waals surface area contributed by atoms with Crippen molar-refractivity contribution in [3.8, 4) is 6.07 Å². The average molecular weight is 190 g/mol. The summed E-state index contributed by atoms with van der Waals surface area (Å²) in [5, 5.41) is 11.9. The molecule has 3 N–H and O–H groups in total. The van der Waals surface area contributed by atoms with Gasteiger partial charge in [-0.05, 0) is 12.8 Å². The molecule has 1 fully saturated rings. The molecule has 0 unspecified atom stereocenters. The molecule has 4 heteroatoms. The zero-order valence-electron chi connectivity index (χ0n) is 8.08. The van der Waals surface area contributed by atoms with E-state index < -0.39 is 0 Å². The van der Waals surface area contributed by atoms with Gasteiger partial charge in [0, 0.05) is 5.92 Å². The minimum Gasteiger partial charge on any atom is -0.383 e. The number of hydrogen-bond acceptors (Lipinski definition) is 4. The Hall–Kier alpha value is -1.50. The molecule has 0 radical (unpaired) electrons. The molecule has 0 bridgehead atoms. The van der Waals surface area contributed by atoms with E-state index in [0.29, 0.717) is 23.9 Å². The van der Waals surface area contributed by atoms with Crippen LogP contribution >= 0.6 is 0 Å². The number of nitrogens with zero attached hydrogens (tertiary/aromatic N) is 2. The van der Waals surface area contributed by atoms with Crippen LogP contribution in [0.5, 0.6) is 0 Å². The van der Waals surface area contributed by atoms with Gasteiger partial charge in [-0.25, -0.2) is 4.99 Å². The maximum Gasteiger partial charge on any atom is 0.141 e. The molecule has 0 atom stereocenters. The van der Waals surface area contributed by atoms with E-state index in [1.54, 1.807) is 0 Å². The summed E-state index contributed by atoms with van der Waals surface area (Å²) in [7, 11) is 0. The Balaban J connectivity index is 2.16. The molecule has 0 aromatic carbocycles. The molecule has 2 rings (SSSR count). The first-order chi connectivity index (χ1) is 6.81. The average Bonchev–Trinajstić information content (AvgIpc) is 2.70. The summed E-state index contributed by atoms with van der Waals surface area (Å²) < 4.78 is 0. The molecule has 0 spiro atoms. The Labute approximate surface area is 83.5 Å². The smallest absolute Gasteiger partial charge is 0.141 e. The lowest BCUT2D eigenvalue weighted by molar-refractivity contribution is 0.687. The number of amidine groups is 1. The van der Waals surface area contributed by atoms with Gasteiger partial charge in [-0.15, -0.1) is 0 Å². The van der Waals surface area contributed by atoms with E-state index >= 15 is 0 Å². The second-order valence-corrected chi connectivity index (χ2v) is 3.81. The second-order valence-electron chi connectivity index (χ2n) is 3.81. The number of nitrogens with two attached hydrogens (primary N) is 1. The predicted octanol–water partition coefficient (Wildman–Crippen LogP) is 0.872. The highest BCUT2D eigenvalue weighted by atomic mass is 15.1. The first-order valence-corrected chi connectivity index (χ1v) is 5.02. The Bertz CT molecular complexity index is 329. The molecule has 0 amide bonds. The third-order valence-corrected chi connectivity index (χ3v) is 2.87. The van der Waals surface area contributed by atoms with Crippen LogP contribution in [0.4, 0.5) is 0 Å². The van der Waals surface area contributed by atoms with Crippen LogP contribution in [0.1, 0.15) is 25.7 Å². The first kappa shape index (κ1) is 9.07. The van der Waals surface area contributed by atoms with Crippen LogP contribution in [0, 0.1) is 17.2 Å². The fourth-order valence-electron chi connectivity index (χ4n) is 2.04. The minimum atomic E-state index is 0.396. The molecular formula is C10H14N4. The van der Waals surface area contributed by atoms with Crippen molar-refractivity contribution >= 4 is 5.84 Å². The molecule has 0 saturated heterocycles. The Morgan fingerprint density at radius 3 is 2.71 bits per heavy atom. The number of hydrogen-bond donors (Lipinski definition) is 2. The Morgan fingerprint density at radius 2 is 2.14 bits per heavy atom. The topological polar surface area (TPSA) is 74.2 Å². The molecule has 4 nitrogen and oxygen atoms in total. The molecule has 1 aliphatic carbocycles. The third-order valence-electron chi connectivity index (χ3n) is 2.87. The molecule has 0 aromatic rings. The molecule has 1 aliphatic heterocycles. The maximum absolute atomic E-state index is 8.72. The van der Waals surface area contributed by atoms with Crippen molar-refractivity contribution < 1.29 is 0 Å². The van der Waals surface area contributed by atoms with Gasteiger partial charge in [-0.3, -0.25) is 0 Å². The predicted molar refractivity (Wildman–Crippen MR) is 54.2 cm³/mol.